The Hall–Kier alpha value is -2.34. The third kappa shape index (κ3) is 27.0. The molecular weight excluding hydrogens is 1140 g/mol. The molecule has 6 aromatic rings. The van der Waals surface area contributed by atoms with Gasteiger partial charge in [0.05, 0.1) is 12.3 Å². The van der Waals surface area contributed by atoms with Crippen molar-refractivity contribution in [2.24, 2.45) is 11.8 Å². The molecule has 0 heterocycles. The molecule has 0 radical (unpaired) electrons. The van der Waals surface area contributed by atoms with Crippen LogP contribution in [0.4, 0.5) is 0 Å². The van der Waals surface area contributed by atoms with Crippen LogP contribution < -0.4 is 40.2 Å². The topological polar surface area (TPSA) is 223 Å². The van der Waals surface area contributed by atoms with E-state index in [4.69, 9.17) is 47.4 Å². The van der Waals surface area contributed by atoms with Crippen LogP contribution in [-0.4, -0.2) is 20.7 Å². The second-order valence-electron chi connectivity index (χ2n) is 14.3. The van der Waals surface area contributed by atoms with E-state index in [1.54, 1.807) is 0 Å². The van der Waals surface area contributed by atoms with Crippen LogP contribution in [0.2, 0.25) is 0 Å². The minimum atomic E-state index is -4.90. The Morgan fingerprint density at radius 1 is 0.364 bits per heavy atom. The number of rotatable bonds is 10. The van der Waals surface area contributed by atoms with Gasteiger partial charge in [-0.25, -0.2) is 0 Å². The number of benzene rings is 6. The Morgan fingerprint density at radius 2 is 0.470 bits per heavy atom. The van der Waals surface area contributed by atoms with Gasteiger partial charge < -0.3 is 0 Å². The van der Waals surface area contributed by atoms with Crippen LogP contribution in [0.15, 0.2) is 182 Å². The second-order valence-corrected chi connectivity index (χ2v) is 31.9. The zero-order valence-electron chi connectivity index (χ0n) is 35.8. The predicted molar refractivity (Wildman–Crippen MR) is 243 cm³/mol. The van der Waals surface area contributed by atoms with Gasteiger partial charge in [0.1, 0.15) is 46.4 Å². The molecule has 0 aromatic heterocycles. The first-order valence-corrected chi connectivity index (χ1v) is 35.3. The van der Waals surface area contributed by atoms with Crippen LogP contribution in [0.1, 0.15) is 27.7 Å². The summed E-state index contributed by atoms with van der Waals surface area (Å²) in [5, 5.41) is 8.87. The van der Waals surface area contributed by atoms with E-state index in [1.807, 2.05) is 0 Å². The fourth-order valence-corrected chi connectivity index (χ4v) is 16.0. The molecular formula is C44H50Cl4Mn4O12P2. The Balaban J connectivity index is 0.000000470. The standard InChI is InChI=1S/2C22H24P.4ClH.4Mn.2H2O.10O/c2*1-19(2)18-23(20-12-6-3-7-13-20,21-14-8-4-9-15-21)22-16-10-5-11-17-22;;;;;;;;;;;;;;;;;;;;/h2*3-17,19H,18H2,1-2H3;4*1H;;;;;2*1H2;;;;;;;;;;/q2*+1;;;;;2*+1;2*+2;;;;;;;;;;;2*-1/p-6. The third-order valence-electron chi connectivity index (χ3n) is 8.46. The van der Waals surface area contributed by atoms with Gasteiger partial charge in [-0.3, -0.25) is 0 Å². The summed E-state index contributed by atoms with van der Waals surface area (Å²) in [6.45, 7) is 9.35. The van der Waals surface area contributed by atoms with Gasteiger partial charge >= 0.3 is 136 Å². The Kier molecular flexibility index (Phi) is 27.7. The van der Waals surface area contributed by atoms with Crippen molar-refractivity contribution in [2.45, 2.75) is 27.7 Å². The van der Waals surface area contributed by atoms with Crippen molar-refractivity contribution in [1.82, 2.24) is 0 Å². The minimum absolute atomic E-state index is 0.643. The van der Waals surface area contributed by atoms with Crippen LogP contribution in [0.25, 0.3) is 0 Å². The summed E-state index contributed by atoms with van der Waals surface area (Å²) in [7, 11) is 13.0. The van der Waals surface area contributed by atoms with E-state index in [0.29, 0.717) is 11.8 Å². The van der Waals surface area contributed by atoms with Crippen molar-refractivity contribution in [2.75, 3.05) is 12.3 Å². The first-order valence-electron chi connectivity index (χ1n) is 19.0. The van der Waals surface area contributed by atoms with Gasteiger partial charge in [-0.2, -0.15) is 0 Å². The monoisotopic (exact) mass is 1190 g/mol. The first kappa shape index (κ1) is 61.7. The summed E-state index contributed by atoms with van der Waals surface area (Å²) in [6.07, 6.45) is 2.40. The molecule has 0 saturated heterocycles. The molecule has 0 aliphatic heterocycles. The Labute approximate surface area is 412 Å². The number of hydrogen-bond donors (Lipinski definition) is 2. The zero-order valence-corrected chi connectivity index (χ0v) is 45.3. The fourth-order valence-electron chi connectivity index (χ4n) is 6.72. The van der Waals surface area contributed by atoms with Gasteiger partial charge in [0, 0.05) is 0 Å². The van der Waals surface area contributed by atoms with Gasteiger partial charge in [-0.1, -0.05) is 137 Å². The molecule has 0 spiro atoms. The predicted octanol–water partition coefficient (Wildman–Crippen LogP) is 7.58. The maximum absolute atomic E-state index is 9.01. The maximum atomic E-state index is 9.01. The first-order chi connectivity index (χ1) is 30.5. The summed E-state index contributed by atoms with van der Waals surface area (Å²) in [6, 6.07) is 66.6. The molecule has 66 heavy (non-hydrogen) atoms. The molecule has 0 amide bonds. The normalized spacial score (nSPS) is 11.6. The quantitative estimate of drug-likeness (QED) is 0.100. The van der Waals surface area contributed by atoms with Gasteiger partial charge in [-0.05, 0) is 84.6 Å². The third-order valence-corrected chi connectivity index (χ3v) is 18.1. The molecule has 6 rings (SSSR count). The van der Waals surface area contributed by atoms with E-state index in [0.717, 1.165) is 0 Å². The molecule has 0 fully saturated rings. The van der Waals surface area contributed by atoms with Gasteiger partial charge in [0.15, 0.2) is 0 Å². The summed E-state index contributed by atoms with van der Waals surface area (Å²) >= 11 is -19.1. The van der Waals surface area contributed by atoms with Crippen molar-refractivity contribution in [3.05, 3.63) is 182 Å². The van der Waals surface area contributed by atoms with Crippen LogP contribution in [0.5, 0.6) is 0 Å². The van der Waals surface area contributed by atoms with E-state index in [-0.39, 0.29) is 0 Å². The molecule has 0 aliphatic carbocycles. The van der Waals surface area contributed by atoms with E-state index < -0.39 is 63.0 Å². The molecule has 364 valence electrons. The average molecular weight is 1190 g/mol. The average Bonchev–Trinajstić information content (AvgIpc) is 3.21. The van der Waals surface area contributed by atoms with E-state index in [9.17, 15) is 0 Å². The molecule has 0 bridgehead atoms. The molecule has 12 nitrogen and oxygen atoms in total. The van der Waals surface area contributed by atoms with Crippen molar-refractivity contribution < 1.29 is 95.9 Å². The molecule has 2 N–H and O–H groups in total. The summed E-state index contributed by atoms with van der Waals surface area (Å²) in [5.74, 6) is 1.29. The molecule has 22 heteroatoms. The van der Waals surface area contributed by atoms with Gasteiger partial charge in [0.2, 0.25) is 0 Å². The molecule has 0 saturated carbocycles. The SMILES string of the molecule is CC(C)C[P+](c1ccccc1)(c1ccccc1)c1ccccc1.CC(C)C[P+](c1ccccc1)(c1ccccc1)c1ccccc1.[O]=[Mn](=[O])([O-])[Cl].[O]=[Mn](=[O])([O-])[Cl].[O]=[Mn](=[O])([OH])[Cl].[O]=[Mn](=[O])([OH])[Cl]. The van der Waals surface area contributed by atoms with Crippen molar-refractivity contribution in [3.63, 3.8) is 0 Å². The fraction of sp³-hybridized carbons (Fsp3) is 0.182. The summed E-state index contributed by atoms with van der Waals surface area (Å²) in [5.41, 5.74) is 0. The van der Waals surface area contributed by atoms with Crippen molar-refractivity contribution >= 4 is 86.7 Å². The molecule has 0 aliphatic rings. The Morgan fingerprint density at radius 3 is 0.561 bits per heavy atom. The van der Waals surface area contributed by atoms with Crippen LogP contribution in [0, 0.1) is 11.8 Å². The zero-order chi connectivity index (χ0) is 50.2. The van der Waals surface area contributed by atoms with Gasteiger partial charge in [-0.15, -0.1) is 0 Å². The number of hydrogen-bond acceptors (Lipinski definition) is 10. The molecule has 0 unspecified atom stereocenters. The number of halogens is 4. The van der Waals surface area contributed by atoms with E-state index in [2.05, 4.69) is 250 Å². The van der Waals surface area contributed by atoms with Crippen molar-refractivity contribution in [1.29, 1.82) is 0 Å². The van der Waals surface area contributed by atoms with Crippen LogP contribution in [-0.2, 0) is 79.2 Å². The summed E-state index contributed by atoms with van der Waals surface area (Å²) < 4.78 is 104. The summed E-state index contributed by atoms with van der Waals surface area (Å²) in [4.78, 5) is 0. The molecule has 0 atom stereocenters. The van der Waals surface area contributed by atoms with Gasteiger partial charge in [0.25, 0.3) is 0 Å². The van der Waals surface area contributed by atoms with Crippen LogP contribution >= 0.6 is 54.9 Å². The Bertz CT molecular complexity index is 2260. The van der Waals surface area contributed by atoms with Crippen molar-refractivity contribution in [3.8, 4) is 0 Å². The van der Waals surface area contributed by atoms with E-state index in [1.165, 1.54) is 44.2 Å². The molecule has 6 aromatic carbocycles. The van der Waals surface area contributed by atoms with E-state index >= 15 is 0 Å². The van der Waals surface area contributed by atoms with Crippen LogP contribution in [0.3, 0.4) is 0 Å². The second kappa shape index (κ2) is 29.6.